The minimum absolute atomic E-state index is 0.0148. The number of carbonyl (C=O) groups excluding carboxylic acids is 3. The van der Waals surface area contributed by atoms with Crippen LogP contribution in [0.4, 0.5) is 0 Å². The molecule has 1 N–H and O–H groups in total. The molecule has 0 atom stereocenters. The van der Waals surface area contributed by atoms with Crippen LogP contribution in [0.3, 0.4) is 0 Å². The van der Waals surface area contributed by atoms with E-state index in [0.717, 1.165) is 10.5 Å². The van der Waals surface area contributed by atoms with Gasteiger partial charge in [0, 0.05) is 23.1 Å². The summed E-state index contributed by atoms with van der Waals surface area (Å²) >= 11 is 0. The summed E-state index contributed by atoms with van der Waals surface area (Å²) in [7, 11) is 0. The minimum Gasteiger partial charge on any atom is -0.508 e. The van der Waals surface area contributed by atoms with Crippen LogP contribution in [0.1, 0.15) is 54.7 Å². The molecule has 0 bridgehead atoms. The monoisotopic (exact) mass is 483 g/mol. The topological polar surface area (TPSA) is 114 Å². The lowest BCUT2D eigenvalue weighted by atomic mass is 10.0. The molecule has 0 radical (unpaired) electrons. The number of aromatic hydroxyl groups is 1. The number of amides is 2. The molecule has 0 aliphatic carbocycles. The van der Waals surface area contributed by atoms with Crippen molar-refractivity contribution < 1.29 is 28.6 Å². The summed E-state index contributed by atoms with van der Waals surface area (Å²) in [6.07, 6.45) is 0.559. The van der Waals surface area contributed by atoms with Crippen LogP contribution in [0.5, 0.6) is 5.75 Å². The van der Waals surface area contributed by atoms with Gasteiger partial charge in [-0.1, -0.05) is 37.3 Å². The third kappa shape index (κ3) is 4.13. The largest absolute Gasteiger partial charge is 0.508 e. The smallest absolute Gasteiger partial charge is 0.338 e. The molecule has 36 heavy (non-hydrogen) atoms. The summed E-state index contributed by atoms with van der Waals surface area (Å²) in [6.45, 7) is 1.78. The number of benzene rings is 3. The Hall–Kier alpha value is -4.72. The summed E-state index contributed by atoms with van der Waals surface area (Å²) in [4.78, 5) is 51.6. The fraction of sp³-hybridized carbons (Fsp3) is 0.143. The molecule has 3 aromatic carbocycles. The van der Waals surface area contributed by atoms with Gasteiger partial charge in [0.15, 0.2) is 0 Å². The van der Waals surface area contributed by atoms with Gasteiger partial charge in [-0.05, 0) is 41.8 Å². The van der Waals surface area contributed by atoms with Gasteiger partial charge in [0.2, 0.25) is 0 Å². The van der Waals surface area contributed by atoms with Gasteiger partial charge in [0.05, 0.1) is 23.2 Å². The average Bonchev–Trinajstić information content (AvgIpc) is 3.11. The molecule has 1 aliphatic rings. The Kier molecular flexibility index (Phi) is 5.85. The van der Waals surface area contributed by atoms with E-state index in [1.165, 1.54) is 30.3 Å². The second kappa shape index (κ2) is 9.14. The second-order valence-corrected chi connectivity index (χ2v) is 8.44. The fourth-order valence-electron chi connectivity index (χ4n) is 4.26. The number of aryl methyl sites for hydroxylation is 1. The number of esters is 1. The summed E-state index contributed by atoms with van der Waals surface area (Å²) in [5.74, 6) is -1.60. The molecule has 1 aliphatic heterocycles. The van der Waals surface area contributed by atoms with Gasteiger partial charge in [-0.25, -0.2) is 9.59 Å². The maximum absolute atomic E-state index is 12.9. The van der Waals surface area contributed by atoms with Crippen molar-refractivity contribution >= 4 is 28.8 Å². The van der Waals surface area contributed by atoms with E-state index in [1.54, 1.807) is 6.07 Å². The van der Waals surface area contributed by atoms with E-state index in [4.69, 9.17) is 9.15 Å². The first kappa shape index (κ1) is 23.0. The van der Waals surface area contributed by atoms with E-state index in [2.05, 4.69) is 0 Å². The lowest BCUT2D eigenvalue weighted by molar-refractivity contribution is 0.0473. The van der Waals surface area contributed by atoms with Crippen LogP contribution in [0.2, 0.25) is 0 Å². The Morgan fingerprint density at radius 1 is 0.917 bits per heavy atom. The first-order chi connectivity index (χ1) is 17.4. The Morgan fingerprint density at radius 2 is 1.67 bits per heavy atom. The highest BCUT2D eigenvalue weighted by Crippen LogP contribution is 2.28. The SMILES string of the molecule is CCc1cc2c(COC(=O)c3ccc4c(c3)C(=O)N(Cc3ccccc3)C4=O)cc(=O)oc2cc1O. The van der Waals surface area contributed by atoms with E-state index < -0.39 is 23.4 Å². The third-order valence-corrected chi connectivity index (χ3v) is 6.16. The molecule has 0 unspecified atom stereocenters. The van der Waals surface area contributed by atoms with Crippen LogP contribution >= 0.6 is 0 Å². The summed E-state index contributed by atoms with van der Waals surface area (Å²) in [5, 5.41) is 10.6. The van der Waals surface area contributed by atoms with Gasteiger partial charge in [-0.2, -0.15) is 0 Å². The van der Waals surface area contributed by atoms with Crippen LogP contribution in [-0.4, -0.2) is 27.8 Å². The van der Waals surface area contributed by atoms with Crippen LogP contribution in [0.15, 0.2) is 75.9 Å². The highest BCUT2D eigenvalue weighted by molar-refractivity contribution is 6.21. The standard InChI is InChI=1S/C28H21NO7/c1-2-17-10-21-19(12-25(31)36-24(21)13-23(17)30)15-35-28(34)18-8-9-20-22(11-18)27(33)29(26(20)32)14-16-6-4-3-5-7-16/h3-13,30H,2,14-15H2,1H3. The van der Waals surface area contributed by atoms with E-state index in [0.29, 0.717) is 22.9 Å². The van der Waals surface area contributed by atoms with Gasteiger partial charge in [0.25, 0.3) is 11.8 Å². The van der Waals surface area contributed by atoms with Gasteiger partial charge < -0.3 is 14.3 Å². The normalized spacial score (nSPS) is 12.8. The average molecular weight is 483 g/mol. The third-order valence-electron chi connectivity index (χ3n) is 6.16. The molecular formula is C28H21NO7. The van der Waals surface area contributed by atoms with Crippen LogP contribution < -0.4 is 5.63 Å². The molecule has 8 nitrogen and oxygen atoms in total. The molecule has 1 aromatic heterocycles. The number of rotatable bonds is 6. The summed E-state index contributed by atoms with van der Waals surface area (Å²) in [5.41, 5.74) is 1.91. The van der Waals surface area contributed by atoms with Crippen molar-refractivity contribution in [1.82, 2.24) is 4.90 Å². The number of phenolic OH excluding ortho intramolecular Hbond substituents is 1. The van der Waals surface area contributed by atoms with Gasteiger partial charge in [-0.15, -0.1) is 0 Å². The zero-order valence-electron chi connectivity index (χ0n) is 19.3. The van der Waals surface area contributed by atoms with Crippen molar-refractivity contribution in [1.29, 1.82) is 0 Å². The summed E-state index contributed by atoms with van der Waals surface area (Å²) in [6, 6.07) is 17.7. The number of fused-ring (bicyclic) bond motifs is 2. The van der Waals surface area contributed by atoms with Gasteiger partial charge >= 0.3 is 11.6 Å². The van der Waals surface area contributed by atoms with Crippen molar-refractivity contribution in [2.45, 2.75) is 26.5 Å². The van der Waals surface area contributed by atoms with Crippen LogP contribution in [0.25, 0.3) is 11.0 Å². The molecule has 180 valence electrons. The Labute approximate surface area is 205 Å². The zero-order chi connectivity index (χ0) is 25.4. The lowest BCUT2D eigenvalue weighted by Crippen LogP contribution is -2.29. The number of carbonyl (C=O) groups is 3. The predicted octanol–water partition coefficient (Wildman–Crippen LogP) is 4.21. The number of phenols is 1. The Morgan fingerprint density at radius 3 is 2.42 bits per heavy atom. The molecule has 0 saturated heterocycles. The molecule has 8 heteroatoms. The molecule has 0 saturated carbocycles. The molecule has 2 amide bonds. The van der Waals surface area contributed by atoms with Gasteiger partial charge in [-0.3, -0.25) is 14.5 Å². The van der Waals surface area contributed by atoms with E-state index in [1.807, 2.05) is 37.3 Å². The molecule has 0 spiro atoms. The fourth-order valence-corrected chi connectivity index (χ4v) is 4.26. The van der Waals surface area contributed by atoms with Gasteiger partial charge in [0.1, 0.15) is 17.9 Å². The predicted molar refractivity (Wildman–Crippen MR) is 130 cm³/mol. The molecule has 4 aromatic rings. The van der Waals surface area contributed by atoms with Crippen molar-refractivity contribution in [2.24, 2.45) is 0 Å². The maximum atomic E-state index is 12.9. The zero-order valence-corrected chi connectivity index (χ0v) is 19.3. The quantitative estimate of drug-likeness (QED) is 0.248. The highest BCUT2D eigenvalue weighted by Gasteiger charge is 2.36. The maximum Gasteiger partial charge on any atom is 0.338 e. The summed E-state index contributed by atoms with van der Waals surface area (Å²) < 4.78 is 10.6. The highest BCUT2D eigenvalue weighted by atomic mass is 16.5. The molecule has 5 rings (SSSR count). The Balaban J connectivity index is 1.37. The first-order valence-corrected chi connectivity index (χ1v) is 11.4. The molecule has 2 heterocycles. The number of hydrogen-bond acceptors (Lipinski definition) is 7. The lowest BCUT2D eigenvalue weighted by Gasteiger charge is -2.13. The van der Waals surface area contributed by atoms with E-state index in [9.17, 15) is 24.3 Å². The number of nitrogens with zero attached hydrogens (tertiary/aromatic N) is 1. The van der Waals surface area contributed by atoms with Crippen molar-refractivity contribution in [3.63, 3.8) is 0 Å². The number of ether oxygens (including phenoxy) is 1. The minimum atomic E-state index is -0.713. The van der Waals surface area contributed by atoms with Crippen molar-refractivity contribution in [3.05, 3.63) is 111 Å². The molecule has 0 fully saturated rings. The van der Waals surface area contributed by atoms with E-state index in [-0.39, 0.29) is 41.2 Å². The molecular weight excluding hydrogens is 462 g/mol. The van der Waals surface area contributed by atoms with Crippen LogP contribution in [0, 0.1) is 0 Å². The van der Waals surface area contributed by atoms with Crippen LogP contribution in [-0.2, 0) is 24.3 Å². The van der Waals surface area contributed by atoms with Crippen molar-refractivity contribution in [3.8, 4) is 5.75 Å². The number of imide groups is 1. The Bertz CT molecular complexity index is 1590. The first-order valence-electron chi connectivity index (χ1n) is 11.4. The van der Waals surface area contributed by atoms with Crippen molar-refractivity contribution in [2.75, 3.05) is 0 Å². The second-order valence-electron chi connectivity index (χ2n) is 8.44. The number of hydrogen-bond donors (Lipinski definition) is 1. The van der Waals surface area contributed by atoms with E-state index >= 15 is 0 Å².